The number of thioether (sulfide) groups is 1. The molecule has 0 aliphatic heterocycles. The van der Waals surface area contributed by atoms with Gasteiger partial charge in [-0.25, -0.2) is 4.98 Å². The molecule has 2 nitrogen and oxygen atoms in total. The van der Waals surface area contributed by atoms with Crippen molar-refractivity contribution in [3.05, 3.63) is 9.85 Å². The van der Waals surface area contributed by atoms with Gasteiger partial charge in [0.25, 0.3) is 0 Å². The van der Waals surface area contributed by atoms with E-state index in [1.54, 1.807) is 0 Å². The summed E-state index contributed by atoms with van der Waals surface area (Å²) in [6.45, 7) is 1.01. The highest BCUT2D eigenvalue weighted by atomic mass is 35.5. The Labute approximate surface area is 97.5 Å². The molecule has 1 fully saturated rings. The minimum absolute atomic E-state index is 0.454. The number of nitrogens with zero attached hydrogens (tertiary/aromatic N) is 1. The van der Waals surface area contributed by atoms with Crippen molar-refractivity contribution >= 4 is 40.5 Å². The van der Waals surface area contributed by atoms with Gasteiger partial charge in [0.15, 0.2) is 4.47 Å². The number of hydrogen-bond donors (Lipinski definition) is 1. The molecule has 0 bridgehead atoms. The van der Waals surface area contributed by atoms with E-state index in [-0.39, 0.29) is 0 Å². The molecule has 78 valence electrons. The molecule has 1 aromatic rings. The van der Waals surface area contributed by atoms with Gasteiger partial charge in [0.2, 0.25) is 0 Å². The van der Waals surface area contributed by atoms with Gasteiger partial charge in [0, 0.05) is 16.7 Å². The lowest BCUT2D eigenvalue weighted by Gasteiger charge is -2.40. The monoisotopic (exact) mass is 248 g/mol. The first-order valence-corrected chi connectivity index (χ1v) is 7.12. The minimum Gasteiger partial charge on any atom is -0.368 e. The maximum atomic E-state index is 5.75. The van der Waals surface area contributed by atoms with Crippen LogP contribution in [0.2, 0.25) is 4.47 Å². The van der Waals surface area contributed by atoms with Crippen molar-refractivity contribution in [1.82, 2.24) is 4.98 Å². The van der Waals surface area contributed by atoms with Crippen LogP contribution >= 0.6 is 34.7 Å². The molecule has 14 heavy (non-hydrogen) atoms. The topological polar surface area (TPSA) is 24.9 Å². The van der Waals surface area contributed by atoms with E-state index in [1.165, 1.54) is 30.6 Å². The normalized spacial score (nSPS) is 19.0. The van der Waals surface area contributed by atoms with E-state index in [4.69, 9.17) is 11.6 Å². The van der Waals surface area contributed by atoms with Crippen LogP contribution in [-0.2, 0) is 0 Å². The Bertz CT molecular complexity index is 304. The van der Waals surface area contributed by atoms with Crippen LogP contribution in [0.5, 0.6) is 0 Å². The minimum atomic E-state index is 0.454. The molecule has 1 heterocycles. The summed E-state index contributed by atoms with van der Waals surface area (Å²) in [5.41, 5.74) is 0. The number of aromatic nitrogens is 1. The van der Waals surface area contributed by atoms with E-state index in [2.05, 4.69) is 16.6 Å². The third-order valence-corrected chi connectivity index (χ3v) is 5.16. The zero-order chi connectivity index (χ0) is 10.0. The van der Waals surface area contributed by atoms with Crippen LogP contribution in [0.1, 0.15) is 19.3 Å². The summed E-state index contributed by atoms with van der Waals surface area (Å²) in [5.74, 6) is 0.917. The van der Waals surface area contributed by atoms with Gasteiger partial charge in [0.05, 0.1) is 0 Å². The molecule has 1 aromatic heterocycles. The first kappa shape index (κ1) is 10.6. The standard InChI is InChI=1S/C9H13ClN2S2/c1-13-9(3-2-4-9)6-11-7-5-14-8(10)12-7/h5,11H,2-4,6H2,1H3. The van der Waals surface area contributed by atoms with Crippen LogP contribution in [0, 0.1) is 0 Å². The number of anilines is 1. The molecule has 0 amide bonds. The van der Waals surface area contributed by atoms with Gasteiger partial charge in [0.1, 0.15) is 5.82 Å². The van der Waals surface area contributed by atoms with Gasteiger partial charge < -0.3 is 5.32 Å². The molecule has 1 saturated carbocycles. The van der Waals surface area contributed by atoms with E-state index in [0.717, 1.165) is 12.4 Å². The molecule has 0 unspecified atom stereocenters. The van der Waals surface area contributed by atoms with Gasteiger partial charge >= 0.3 is 0 Å². The number of hydrogen-bond acceptors (Lipinski definition) is 4. The van der Waals surface area contributed by atoms with Crippen LogP contribution in [-0.4, -0.2) is 22.5 Å². The quantitative estimate of drug-likeness (QED) is 0.883. The fourth-order valence-corrected chi connectivity index (χ4v) is 3.24. The van der Waals surface area contributed by atoms with E-state index < -0.39 is 0 Å². The second-order valence-corrected chi connectivity index (χ2v) is 6.29. The van der Waals surface area contributed by atoms with Crippen LogP contribution in [0.4, 0.5) is 5.82 Å². The zero-order valence-corrected chi connectivity index (χ0v) is 10.4. The highest BCUT2D eigenvalue weighted by molar-refractivity contribution is 8.00. The summed E-state index contributed by atoms with van der Waals surface area (Å²) >= 11 is 9.19. The smallest absolute Gasteiger partial charge is 0.185 e. The van der Waals surface area contributed by atoms with E-state index in [1.807, 2.05) is 17.1 Å². The van der Waals surface area contributed by atoms with Crippen molar-refractivity contribution in [2.45, 2.75) is 24.0 Å². The fraction of sp³-hybridized carbons (Fsp3) is 0.667. The lowest BCUT2D eigenvalue weighted by molar-refractivity contribution is 0.379. The molecule has 0 atom stereocenters. The molecule has 5 heteroatoms. The summed E-state index contributed by atoms with van der Waals surface area (Å²) < 4.78 is 1.06. The van der Waals surface area contributed by atoms with Gasteiger partial charge in [-0.15, -0.1) is 11.3 Å². The molecule has 0 spiro atoms. The molecular formula is C9H13ClN2S2. The lowest BCUT2D eigenvalue weighted by Crippen LogP contribution is -2.40. The molecule has 1 aliphatic carbocycles. The molecule has 0 aromatic carbocycles. The van der Waals surface area contributed by atoms with E-state index in [0.29, 0.717) is 9.21 Å². The van der Waals surface area contributed by atoms with E-state index in [9.17, 15) is 0 Å². The first-order chi connectivity index (χ1) is 6.74. The highest BCUT2D eigenvalue weighted by Crippen LogP contribution is 2.42. The van der Waals surface area contributed by atoms with Gasteiger partial charge in [-0.05, 0) is 19.1 Å². The SMILES string of the molecule is CSC1(CNc2csc(Cl)n2)CCC1. The lowest BCUT2D eigenvalue weighted by atomic mass is 9.84. The fourth-order valence-electron chi connectivity index (χ4n) is 1.61. The Morgan fingerprint density at radius 1 is 1.71 bits per heavy atom. The number of thiazole rings is 1. The molecular weight excluding hydrogens is 236 g/mol. The first-order valence-electron chi connectivity index (χ1n) is 4.64. The summed E-state index contributed by atoms with van der Waals surface area (Å²) in [7, 11) is 0. The number of rotatable bonds is 4. The third-order valence-electron chi connectivity index (χ3n) is 2.77. The van der Waals surface area contributed by atoms with Crippen molar-refractivity contribution in [2.75, 3.05) is 18.1 Å². The Hall–Kier alpha value is 0.0700. The average Bonchev–Trinajstić information content (AvgIpc) is 2.50. The van der Waals surface area contributed by atoms with Crippen LogP contribution in [0.25, 0.3) is 0 Å². The van der Waals surface area contributed by atoms with Crippen molar-refractivity contribution < 1.29 is 0 Å². The molecule has 0 radical (unpaired) electrons. The predicted octanol–water partition coefficient (Wildman–Crippen LogP) is 3.49. The van der Waals surface area contributed by atoms with Gasteiger partial charge in [-0.2, -0.15) is 11.8 Å². The Kier molecular flexibility index (Phi) is 3.24. The Morgan fingerprint density at radius 3 is 2.93 bits per heavy atom. The third kappa shape index (κ3) is 2.18. The van der Waals surface area contributed by atoms with Crippen molar-refractivity contribution in [2.24, 2.45) is 0 Å². The van der Waals surface area contributed by atoms with E-state index >= 15 is 0 Å². The maximum Gasteiger partial charge on any atom is 0.185 e. The summed E-state index contributed by atoms with van der Waals surface area (Å²) in [5, 5.41) is 5.32. The largest absolute Gasteiger partial charge is 0.368 e. The molecule has 1 N–H and O–H groups in total. The summed E-state index contributed by atoms with van der Waals surface area (Å²) in [6, 6.07) is 0. The van der Waals surface area contributed by atoms with Gasteiger partial charge in [-0.3, -0.25) is 0 Å². The number of nitrogens with one attached hydrogen (secondary N) is 1. The van der Waals surface area contributed by atoms with Gasteiger partial charge in [-0.1, -0.05) is 18.0 Å². The van der Waals surface area contributed by atoms with Crippen molar-refractivity contribution in [1.29, 1.82) is 0 Å². The molecule has 2 rings (SSSR count). The van der Waals surface area contributed by atoms with Crippen molar-refractivity contribution in [3.8, 4) is 0 Å². The summed E-state index contributed by atoms with van der Waals surface area (Å²) in [4.78, 5) is 4.17. The van der Waals surface area contributed by atoms with Crippen LogP contribution < -0.4 is 5.32 Å². The van der Waals surface area contributed by atoms with Crippen molar-refractivity contribution in [3.63, 3.8) is 0 Å². The molecule has 0 saturated heterocycles. The van der Waals surface area contributed by atoms with Crippen LogP contribution in [0.15, 0.2) is 5.38 Å². The number of halogens is 1. The zero-order valence-electron chi connectivity index (χ0n) is 8.05. The Balaban J connectivity index is 1.87. The van der Waals surface area contributed by atoms with Crippen LogP contribution in [0.3, 0.4) is 0 Å². The predicted molar refractivity (Wildman–Crippen MR) is 65.7 cm³/mol. The second kappa shape index (κ2) is 4.29. The average molecular weight is 249 g/mol. The molecule has 1 aliphatic rings. The maximum absolute atomic E-state index is 5.75. The summed E-state index contributed by atoms with van der Waals surface area (Å²) in [6.07, 6.45) is 6.19. The second-order valence-electron chi connectivity index (χ2n) is 3.58. The Morgan fingerprint density at radius 2 is 2.50 bits per heavy atom. The highest BCUT2D eigenvalue weighted by Gasteiger charge is 2.35.